The van der Waals surface area contributed by atoms with Crippen molar-refractivity contribution >= 4 is 5.91 Å². The van der Waals surface area contributed by atoms with Gasteiger partial charge in [0, 0.05) is 19.2 Å². The molecule has 1 heterocycles. The highest BCUT2D eigenvalue weighted by Gasteiger charge is 2.24. The molecule has 2 aromatic rings. The Morgan fingerprint density at radius 2 is 1.74 bits per heavy atom. The number of rotatable bonds is 2. The molecule has 0 atom stereocenters. The van der Waals surface area contributed by atoms with Gasteiger partial charge in [0.05, 0.1) is 0 Å². The molecule has 0 saturated heterocycles. The molecule has 1 amide bonds. The Bertz CT molecular complexity index is 628. The average molecular weight is 251 g/mol. The predicted octanol–water partition coefficient (Wildman–Crippen LogP) is 3.50. The summed E-state index contributed by atoms with van der Waals surface area (Å²) in [5.74, 6) is 0.128. The van der Waals surface area contributed by atoms with E-state index in [1.165, 1.54) is 16.7 Å². The SMILES string of the molecule is CCc1ccc(-c2ccc3c(c2)CN(C)C3=O)cc1. The maximum Gasteiger partial charge on any atom is 0.254 e. The van der Waals surface area contributed by atoms with E-state index < -0.39 is 0 Å². The number of benzene rings is 2. The summed E-state index contributed by atoms with van der Waals surface area (Å²) >= 11 is 0. The summed E-state index contributed by atoms with van der Waals surface area (Å²) in [6.07, 6.45) is 1.06. The van der Waals surface area contributed by atoms with Gasteiger partial charge in [0.15, 0.2) is 0 Å². The lowest BCUT2D eigenvalue weighted by atomic mass is 9.99. The van der Waals surface area contributed by atoms with Gasteiger partial charge in [-0.25, -0.2) is 0 Å². The Balaban J connectivity index is 1.99. The molecule has 0 bridgehead atoms. The zero-order valence-electron chi connectivity index (χ0n) is 11.3. The third kappa shape index (κ3) is 2.03. The van der Waals surface area contributed by atoms with Gasteiger partial charge >= 0.3 is 0 Å². The van der Waals surface area contributed by atoms with Crippen LogP contribution in [0, 0.1) is 0 Å². The van der Waals surface area contributed by atoms with Crippen LogP contribution in [0.1, 0.15) is 28.4 Å². The van der Waals surface area contributed by atoms with Gasteiger partial charge in [-0.15, -0.1) is 0 Å². The topological polar surface area (TPSA) is 20.3 Å². The molecule has 0 saturated carbocycles. The van der Waals surface area contributed by atoms with Crippen molar-refractivity contribution in [1.29, 1.82) is 0 Å². The molecule has 0 N–H and O–H groups in total. The number of aryl methyl sites for hydroxylation is 1. The van der Waals surface area contributed by atoms with E-state index in [0.717, 1.165) is 24.1 Å². The maximum atomic E-state index is 11.9. The monoisotopic (exact) mass is 251 g/mol. The number of carbonyl (C=O) groups is 1. The van der Waals surface area contributed by atoms with Crippen molar-refractivity contribution in [1.82, 2.24) is 4.90 Å². The van der Waals surface area contributed by atoms with Crippen molar-refractivity contribution in [3.8, 4) is 11.1 Å². The molecule has 1 aliphatic heterocycles. The van der Waals surface area contributed by atoms with Gasteiger partial charge in [0.1, 0.15) is 0 Å². The summed E-state index contributed by atoms with van der Waals surface area (Å²) in [5.41, 5.74) is 5.72. The Kier molecular flexibility index (Phi) is 2.86. The normalized spacial score (nSPS) is 13.8. The van der Waals surface area contributed by atoms with Crippen LogP contribution in [0.3, 0.4) is 0 Å². The number of hydrogen-bond acceptors (Lipinski definition) is 1. The van der Waals surface area contributed by atoms with Crippen LogP contribution in [0.25, 0.3) is 11.1 Å². The molecule has 0 aliphatic carbocycles. The zero-order valence-corrected chi connectivity index (χ0v) is 11.3. The lowest BCUT2D eigenvalue weighted by Crippen LogP contribution is -2.17. The minimum atomic E-state index is 0.128. The second-order valence-corrected chi connectivity index (χ2v) is 5.08. The molecule has 2 aromatic carbocycles. The van der Waals surface area contributed by atoms with Crippen molar-refractivity contribution in [2.24, 2.45) is 0 Å². The first kappa shape index (κ1) is 12.0. The maximum absolute atomic E-state index is 11.9. The van der Waals surface area contributed by atoms with Gasteiger partial charge in [0.2, 0.25) is 0 Å². The van der Waals surface area contributed by atoms with Crippen LogP contribution in [-0.2, 0) is 13.0 Å². The second kappa shape index (κ2) is 4.54. The van der Waals surface area contributed by atoms with Gasteiger partial charge in [-0.3, -0.25) is 4.79 Å². The van der Waals surface area contributed by atoms with Gasteiger partial charge in [0.25, 0.3) is 5.91 Å². The van der Waals surface area contributed by atoms with Gasteiger partial charge in [-0.2, -0.15) is 0 Å². The first-order valence-corrected chi connectivity index (χ1v) is 6.66. The van der Waals surface area contributed by atoms with E-state index in [0.29, 0.717) is 0 Å². The molecule has 0 unspecified atom stereocenters. The third-order valence-electron chi connectivity index (χ3n) is 3.79. The molecule has 0 spiro atoms. The number of nitrogens with zero attached hydrogens (tertiary/aromatic N) is 1. The molecule has 3 rings (SSSR count). The van der Waals surface area contributed by atoms with Crippen molar-refractivity contribution in [2.45, 2.75) is 19.9 Å². The minimum Gasteiger partial charge on any atom is -0.337 e. The highest BCUT2D eigenvalue weighted by atomic mass is 16.2. The average Bonchev–Trinajstić information content (AvgIpc) is 2.74. The largest absolute Gasteiger partial charge is 0.337 e. The van der Waals surface area contributed by atoms with E-state index in [1.54, 1.807) is 4.90 Å². The molecule has 2 heteroatoms. The molecule has 0 radical (unpaired) electrons. The highest BCUT2D eigenvalue weighted by Crippen LogP contribution is 2.28. The zero-order chi connectivity index (χ0) is 13.4. The van der Waals surface area contributed by atoms with Gasteiger partial charge in [-0.05, 0) is 40.8 Å². The van der Waals surface area contributed by atoms with E-state index in [-0.39, 0.29) is 5.91 Å². The molecule has 19 heavy (non-hydrogen) atoms. The van der Waals surface area contributed by atoms with Crippen molar-refractivity contribution < 1.29 is 4.79 Å². The van der Waals surface area contributed by atoms with Crippen LogP contribution in [0.4, 0.5) is 0 Å². The summed E-state index contributed by atoms with van der Waals surface area (Å²) in [4.78, 5) is 13.6. The van der Waals surface area contributed by atoms with Crippen molar-refractivity contribution in [3.05, 3.63) is 59.2 Å². The smallest absolute Gasteiger partial charge is 0.254 e. The second-order valence-electron chi connectivity index (χ2n) is 5.08. The Hall–Kier alpha value is -2.09. The molecular weight excluding hydrogens is 234 g/mol. The standard InChI is InChI=1S/C17H17NO/c1-3-12-4-6-13(7-5-12)14-8-9-16-15(10-14)11-18(2)17(16)19/h4-10H,3,11H2,1-2H3. The first-order chi connectivity index (χ1) is 9.19. The number of fused-ring (bicyclic) bond motifs is 1. The summed E-state index contributed by atoms with van der Waals surface area (Å²) in [6.45, 7) is 2.88. The lowest BCUT2D eigenvalue weighted by molar-refractivity contribution is 0.0816. The fourth-order valence-corrected chi connectivity index (χ4v) is 2.58. The Labute approximate surface area is 113 Å². The summed E-state index contributed by atoms with van der Waals surface area (Å²) in [7, 11) is 1.85. The van der Waals surface area contributed by atoms with Gasteiger partial charge in [-0.1, -0.05) is 37.3 Å². The van der Waals surface area contributed by atoms with Crippen LogP contribution >= 0.6 is 0 Å². The number of amides is 1. The Morgan fingerprint density at radius 1 is 1.05 bits per heavy atom. The summed E-state index contributed by atoms with van der Waals surface area (Å²) in [6, 6.07) is 14.8. The highest BCUT2D eigenvalue weighted by molar-refractivity contribution is 5.98. The molecule has 0 aromatic heterocycles. The van der Waals surface area contributed by atoms with Crippen LogP contribution in [0.15, 0.2) is 42.5 Å². The molecule has 96 valence electrons. The molecule has 0 fully saturated rings. The first-order valence-electron chi connectivity index (χ1n) is 6.66. The van der Waals surface area contributed by atoms with E-state index in [1.807, 2.05) is 19.2 Å². The fraction of sp³-hybridized carbons (Fsp3) is 0.235. The van der Waals surface area contributed by atoms with E-state index >= 15 is 0 Å². The van der Waals surface area contributed by atoms with E-state index in [4.69, 9.17) is 0 Å². The van der Waals surface area contributed by atoms with Crippen LogP contribution in [-0.4, -0.2) is 17.9 Å². The molecule has 2 nitrogen and oxygen atoms in total. The Morgan fingerprint density at radius 3 is 2.42 bits per heavy atom. The van der Waals surface area contributed by atoms with Crippen LogP contribution in [0.2, 0.25) is 0 Å². The van der Waals surface area contributed by atoms with E-state index in [9.17, 15) is 4.79 Å². The summed E-state index contributed by atoms with van der Waals surface area (Å²) in [5, 5.41) is 0. The fourth-order valence-electron chi connectivity index (χ4n) is 2.58. The predicted molar refractivity (Wildman–Crippen MR) is 77.1 cm³/mol. The molecule has 1 aliphatic rings. The van der Waals surface area contributed by atoms with Crippen LogP contribution in [0.5, 0.6) is 0 Å². The number of carbonyl (C=O) groups excluding carboxylic acids is 1. The van der Waals surface area contributed by atoms with Crippen molar-refractivity contribution in [3.63, 3.8) is 0 Å². The van der Waals surface area contributed by atoms with Crippen LogP contribution < -0.4 is 0 Å². The van der Waals surface area contributed by atoms with Crippen molar-refractivity contribution in [2.75, 3.05) is 7.05 Å². The van der Waals surface area contributed by atoms with E-state index in [2.05, 4.69) is 37.3 Å². The third-order valence-corrected chi connectivity index (χ3v) is 3.79. The summed E-state index contributed by atoms with van der Waals surface area (Å²) < 4.78 is 0. The minimum absolute atomic E-state index is 0.128. The lowest BCUT2D eigenvalue weighted by Gasteiger charge is -2.05. The number of hydrogen-bond donors (Lipinski definition) is 0. The quantitative estimate of drug-likeness (QED) is 0.800. The van der Waals surface area contributed by atoms with Gasteiger partial charge < -0.3 is 4.90 Å². The molecular formula is C17H17NO.